The molecule has 1 atom stereocenters. The Morgan fingerprint density at radius 1 is 1.32 bits per heavy atom. The summed E-state index contributed by atoms with van der Waals surface area (Å²) in [7, 11) is 0. The third-order valence-corrected chi connectivity index (χ3v) is 6.26. The number of carbonyl (C=O) groups excluding carboxylic acids is 1. The third kappa shape index (κ3) is 3.97. The molecule has 2 fully saturated rings. The van der Waals surface area contributed by atoms with Gasteiger partial charge in [-0.25, -0.2) is 4.68 Å². The lowest BCUT2D eigenvalue weighted by atomic mass is 10.1. The van der Waals surface area contributed by atoms with Crippen molar-refractivity contribution in [1.82, 2.24) is 25.1 Å². The van der Waals surface area contributed by atoms with Gasteiger partial charge in [-0.1, -0.05) is 26.2 Å². The van der Waals surface area contributed by atoms with Gasteiger partial charge in [0.25, 0.3) is 5.91 Å². The Balaban J connectivity index is 1.45. The first kappa shape index (κ1) is 19.1. The molecule has 8 nitrogen and oxygen atoms in total. The highest BCUT2D eigenvalue weighted by Crippen LogP contribution is 2.30. The minimum atomic E-state index is -0.00931. The summed E-state index contributed by atoms with van der Waals surface area (Å²) >= 11 is 0. The zero-order valence-corrected chi connectivity index (χ0v) is 16.7. The van der Waals surface area contributed by atoms with E-state index in [0.717, 1.165) is 44.8 Å². The molecule has 3 heterocycles. The van der Waals surface area contributed by atoms with Gasteiger partial charge >= 0.3 is 0 Å². The first-order chi connectivity index (χ1) is 13.8. The van der Waals surface area contributed by atoms with Crippen molar-refractivity contribution in [2.45, 2.75) is 64.0 Å². The van der Waals surface area contributed by atoms with Crippen molar-refractivity contribution in [2.75, 3.05) is 26.2 Å². The number of piperazine rings is 1. The highest BCUT2D eigenvalue weighted by Gasteiger charge is 2.35. The Kier molecular flexibility index (Phi) is 6.04. The number of hydrogen-bond donors (Lipinski definition) is 1. The lowest BCUT2D eigenvalue weighted by Crippen LogP contribution is -3.15. The smallest absolute Gasteiger partial charge is 0.289 e. The second-order valence-corrected chi connectivity index (χ2v) is 8.04. The highest BCUT2D eigenvalue weighted by atomic mass is 16.3. The van der Waals surface area contributed by atoms with Gasteiger partial charge in [0.2, 0.25) is 5.82 Å². The largest absolute Gasteiger partial charge is 0.459 e. The first-order valence-electron chi connectivity index (χ1n) is 10.7. The number of amides is 1. The molecule has 152 valence electrons. The molecule has 1 aliphatic carbocycles. The van der Waals surface area contributed by atoms with Crippen LogP contribution in [0.5, 0.6) is 0 Å². The number of nitrogens with zero attached hydrogens (tertiary/aromatic N) is 5. The van der Waals surface area contributed by atoms with Crippen molar-refractivity contribution >= 4 is 5.91 Å². The van der Waals surface area contributed by atoms with Gasteiger partial charge in [0.1, 0.15) is 6.04 Å². The lowest BCUT2D eigenvalue weighted by Gasteiger charge is -2.36. The molecule has 4 rings (SSSR count). The first-order valence-corrected chi connectivity index (χ1v) is 10.7. The number of rotatable bonds is 7. The van der Waals surface area contributed by atoms with Crippen LogP contribution in [0.4, 0.5) is 0 Å². The fourth-order valence-corrected chi connectivity index (χ4v) is 4.66. The van der Waals surface area contributed by atoms with Crippen LogP contribution in [0.15, 0.2) is 22.8 Å². The van der Waals surface area contributed by atoms with Crippen LogP contribution in [0.2, 0.25) is 0 Å². The monoisotopic (exact) mass is 387 g/mol. The van der Waals surface area contributed by atoms with Crippen LogP contribution in [0, 0.1) is 0 Å². The van der Waals surface area contributed by atoms with Gasteiger partial charge in [-0.15, -0.1) is 5.10 Å². The number of furan rings is 1. The van der Waals surface area contributed by atoms with Crippen LogP contribution in [-0.2, 0) is 0 Å². The van der Waals surface area contributed by atoms with Crippen molar-refractivity contribution < 1.29 is 14.1 Å². The maximum absolute atomic E-state index is 12.6. The van der Waals surface area contributed by atoms with Crippen LogP contribution < -0.4 is 4.90 Å². The second kappa shape index (κ2) is 8.86. The molecule has 0 radical (unpaired) electrons. The number of tetrazole rings is 1. The second-order valence-electron chi connectivity index (χ2n) is 8.04. The number of hydrogen-bond acceptors (Lipinski definition) is 5. The van der Waals surface area contributed by atoms with Gasteiger partial charge in [-0.3, -0.25) is 4.79 Å². The van der Waals surface area contributed by atoms with Gasteiger partial charge in [0.05, 0.1) is 38.5 Å². The van der Waals surface area contributed by atoms with E-state index in [0.29, 0.717) is 17.8 Å². The van der Waals surface area contributed by atoms with E-state index in [1.54, 1.807) is 18.4 Å². The molecule has 2 aromatic rings. The van der Waals surface area contributed by atoms with E-state index in [1.165, 1.54) is 37.0 Å². The fourth-order valence-electron chi connectivity index (χ4n) is 4.66. The molecule has 2 aliphatic rings. The molecule has 0 unspecified atom stereocenters. The Hall–Kier alpha value is -2.22. The molecule has 0 spiro atoms. The molecule has 2 aromatic heterocycles. The lowest BCUT2D eigenvalue weighted by molar-refractivity contribution is -0.936. The SMILES string of the molecule is CCCC[C@@H](c1nnnn1C1CCCC1)[NH+]1CCN(C(=O)c2ccco2)CC1. The summed E-state index contributed by atoms with van der Waals surface area (Å²) in [5, 5.41) is 12.9. The van der Waals surface area contributed by atoms with Crippen LogP contribution >= 0.6 is 0 Å². The van der Waals surface area contributed by atoms with Crippen molar-refractivity contribution in [3.63, 3.8) is 0 Å². The molecule has 8 heteroatoms. The van der Waals surface area contributed by atoms with E-state index in [1.807, 2.05) is 4.90 Å². The quantitative estimate of drug-likeness (QED) is 0.781. The maximum atomic E-state index is 12.6. The molecule has 28 heavy (non-hydrogen) atoms. The Bertz CT molecular complexity index is 745. The number of aromatic nitrogens is 4. The van der Waals surface area contributed by atoms with E-state index in [2.05, 4.69) is 27.1 Å². The minimum absolute atomic E-state index is 0.00931. The maximum Gasteiger partial charge on any atom is 0.289 e. The zero-order chi connectivity index (χ0) is 19.3. The van der Waals surface area contributed by atoms with E-state index in [4.69, 9.17) is 4.42 Å². The number of quaternary nitrogens is 1. The molecular weight excluding hydrogens is 356 g/mol. The van der Waals surface area contributed by atoms with Crippen LogP contribution in [0.25, 0.3) is 0 Å². The fraction of sp³-hybridized carbons (Fsp3) is 0.700. The molecule has 0 bridgehead atoms. The summed E-state index contributed by atoms with van der Waals surface area (Å²) in [5.74, 6) is 1.46. The predicted octanol–water partition coefficient (Wildman–Crippen LogP) is 1.65. The van der Waals surface area contributed by atoms with E-state index in [-0.39, 0.29) is 5.91 Å². The van der Waals surface area contributed by atoms with Crippen molar-refractivity contribution in [2.24, 2.45) is 0 Å². The summed E-state index contributed by atoms with van der Waals surface area (Å²) in [6, 6.07) is 4.26. The molecule has 1 saturated carbocycles. The topological polar surface area (TPSA) is 81.5 Å². The minimum Gasteiger partial charge on any atom is -0.459 e. The van der Waals surface area contributed by atoms with E-state index >= 15 is 0 Å². The average Bonchev–Trinajstić information content (AvgIpc) is 3.50. The number of carbonyl (C=O) groups is 1. The molecule has 1 N–H and O–H groups in total. The molecule has 1 saturated heterocycles. The van der Waals surface area contributed by atoms with Gasteiger partial charge < -0.3 is 14.2 Å². The number of unbranched alkanes of at least 4 members (excludes halogenated alkanes) is 1. The summed E-state index contributed by atoms with van der Waals surface area (Å²) < 4.78 is 7.39. The summed E-state index contributed by atoms with van der Waals surface area (Å²) in [4.78, 5) is 15.9. The van der Waals surface area contributed by atoms with Crippen LogP contribution in [0.3, 0.4) is 0 Å². The number of nitrogens with one attached hydrogen (secondary N) is 1. The average molecular weight is 388 g/mol. The summed E-state index contributed by atoms with van der Waals surface area (Å²) in [5.41, 5.74) is 0. The predicted molar refractivity (Wildman–Crippen MR) is 103 cm³/mol. The van der Waals surface area contributed by atoms with Gasteiger partial charge in [0.15, 0.2) is 5.76 Å². The van der Waals surface area contributed by atoms with Crippen molar-refractivity contribution in [1.29, 1.82) is 0 Å². The van der Waals surface area contributed by atoms with Crippen molar-refractivity contribution in [3.05, 3.63) is 30.0 Å². The van der Waals surface area contributed by atoms with E-state index < -0.39 is 0 Å². The molecule has 1 aliphatic heterocycles. The Morgan fingerprint density at radius 2 is 2.11 bits per heavy atom. The van der Waals surface area contributed by atoms with Crippen LogP contribution in [-0.4, -0.2) is 57.2 Å². The Labute approximate surface area is 165 Å². The van der Waals surface area contributed by atoms with Crippen molar-refractivity contribution in [3.8, 4) is 0 Å². The normalized spacial score (nSPS) is 20.0. The van der Waals surface area contributed by atoms with E-state index in [9.17, 15) is 4.79 Å². The molecular formula is C20H31N6O2+. The summed E-state index contributed by atoms with van der Waals surface area (Å²) in [6.45, 7) is 5.54. The zero-order valence-electron chi connectivity index (χ0n) is 16.7. The highest BCUT2D eigenvalue weighted by molar-refractivity contribution is 5.91. The van der Waals surface area contributed by atoms with Gasteiger partial charge in [-0.05, 0) is 41.8 Å². The third-order valence-electron chi connectivity index (χ3n) is 6.26. The summed E-state index contributed by atoms with van der Waals surface area (Å²) in [6.07, 6.45) is 9.87. The van der Waals surface area contributed by atoms with Gasteiger partial charge in [0, 0.05) is 6.42 Å². The molecule has 0 aromatic carbocycles. The molecule has 1 amide bonds. The standard InChI is InChI=1S/C20H30N6O2/c1-2-3-9-17(19-21-22-23-26(19)16-7-4-5-8-16)24-11-13-25(14-12-24)20(27)18-10-6-15-28-18/h6,10,15-17H,2-5,7-9,11-14H2,1H3/p+1/t17-/m0/s1. The van der Waals surface area contributed by atoms with Crippen LogP contribution in [0.1, 0.15) is 80.3 Å². The Morgan fingerprint density at radius 3 is 2.79 bits per heavy atom. The van der Waals surface area contributed by atoms with Gasteiger partial charge in [-0.2, -0.15) is 0 Å².